The van der Waals surface area contributed by atoms with Gasteiger partial charge in [0.2, 0.25) is 0 Å². The van der Waals surface area contributed by atoms with E-state index in [9.17, 15) is 0 Å². The van der Waals surface area contributed by atoms with E-state index in [0.29, 0.717) is 0 Å². The molecular formula is C9H10N4. The number of rotatable bonds is 3. The van der Waals surface area contributed by atoms with Gasteiger partial charge in [0.1, 0.15) is 5.82 Å². The molecular weight excluding hydrogens is 164 g/mol. The van der Waals surface area contributed by atoms with Crippen LogP contribution in [-0.4, -0.2) is 20.6 Å². The molecule has 0 radical (unpaired) electrons. The number of tetrazole rings is 1. The van der Waals surface area contributed by atoms with Crippen molar-refractivity contribution in [1.82, 2.24) is 20.6 Å². The Morgan fingerprint density at radius 2 is 1.92 bits per heavy atom. The van der Waals surface area contributed by atoms with Crippen LogP contribution in [0.15, 0.2) is 30.3 Å². The maximum atomic E-state index is 3.81. The van der Waals surface area contributed by atoms with Crippen molar-refractivity contribution in [1.29, 1.82) is 0 Å². The molecule has 0 aliphatic heterocycles. The average molecular weight is 174 g/mol. The van der Waals surface area contributed by atoms with Crippen molar-refractivity contribution >= 4 is 0 Å². The lowest BCUT2D eigenvalue weighted by molar-refractivity contribution is 0.864. The largest absolute Gasteiger partial charge is 0.243 e. The summed E-state index contributed by atoms with van der Waals surface area (Å²) in [5.74, 6) is 0.837. The van der Waals surface area contributed by atoms with Gasteiger partial charge in [-0.2, -0.15) is 0 Å². The normalized spacial score (nSPS) is 10.2. The van der Waals surface area contributed by atoms with E-state index in [0.717, 1.165) is 18.7 Å². The Hall–Kier alpha value is -1.71. The molecule has 1 aromatic carbocycles. The third-order valence-electron chi connectivity index (χ3n) is 1.88. The molecule has 0 unspecified atom stereocenters. The van der Waals surface area contributed by atoms with Crippen LogP contribution in [0.4, 0.5) is 0 Å². The molecule has 0 aliphatic carbocycles. The van der Waals surface area contributed by atoms with Crippen molar-refractivity contribution in [2.75, 3.05) is 0 Å². The second-order valence-electron chi connectivity index (χ2n) is 2.83. The van der Waals surface area contributed by atoms with Crippen LogP contribution < -0.4 is 0 Å². The first-order valence-corrected chi connectivity index (χ1v) is 4.22. The Bertz CT molecular complexity index is 341. The van der Waals surface area contributed by atoms with Gasteiger partial charge in [-0.3, -0.25) is 0 Å². The van der Waals surface area contributed by atoms with Gasteiger partial charge in [0.25, 0.3) is 0 Å². The summed E-state index contributed by atoms with van der Waals surface area (Å²) in [6, 6.07) is 10.3. The molecule has 4 nitrogen and oxygen atoms in total. The zero-order valence-electron chi connectivity index (χ0n) is 7.14. The standard InChI is InChI=1S/C9H10N4/c1-2-4-8(5-3-1)6-7-9-10-12-13-11-9/h1-5H,6-7H2,(H,10,11,12,13). The molecule has 1 aromatic heterocycles. The Morgan fingerprint density at radius 3 is 2.62 bits per heavy atom. The van der Waals surface area contributed by atoms with Crippen LogP contribution in [0.1, 0.15) is 11.4 Å². The van der Waals surface area contributed by atoms with Crippen LogP contribution >= 0.6 is 0 Å². The molecule has 66 valence electrons. The molecule has 0 fully saturated rings. The smallest absolute Gasteiger partial charge is 0.148 e. The summed E-state index contributed by atoms with van der Waals surface area (Å²) >= 11 is 0. The van der Waals surface area contributed by atoms with Gasteiger partial charge in [-0.15, -0.1) is 5.10 Å². The number of hydrogen-bond donors (Lipinski definition) is 1. The van der Waals surface area contributed by atoms with E-state index in [-0.39, 0.29) is 0 Å². The Morgan fingerprint density at radius 1 is 1.08 bits per heavy atom. The number of hydrogen-bond acceptors (Lipinski definition) is 3. The molecule has 0 spiro atoms. The van der Waals surface area contributed by atoms with Gasteiger partial charge in [-0.05, 0) is 22.4 Å². The highest BCUT2D eigenvalue weighted by molar-refractivity contribution is 5.15. The molecule has 1 N–H and O–H groups in total. The summed E-state index contributed by atoms with van der Waals surface area (Å²) in [5.41, 5.74) is 1.30. The predicted molar refractivity (Wildman–Crippen MR) is 48.0 cm³/mol. The van der Waals surface area contributed by atoms with Gasteiger partial charge in [-0.25, -0.2) is 5.10 Å². The van der Waals surface area contributed by atoms with E-state index in [4.69, 9.17) is 0 Å². The topological polar surface area (TPSA) is 54.5 Å². The van der Waals surface area contributed by atoms with Gasteiger partial charge in [-0.1, -0.05) is 30.3 Å². The number of H-pyrrole nitrogens is 1. The van der Waals surface area contributed by atoms with E-state index in [1.807, 2.05) is 18.2 Å². The highest BCUT2D eigenvalue weighted by Crippen LogP contribution is 2.02. The van der Waals surface area contributed by atoms with Gasteiger partial charge in [0.15, 0.2) is 0 Å². The zero-order valence-corrected chi connectivity index (χ0v) is 7.14. The Balaban J connectivity index is 1.94. The van der Waals surface area contributed by atoms with E-state index in [1.165, 1.54) is 5.56 Å². The first-order chi connectivity index (χ1) is 6.45. The number of aromatic nitrogens is 4. The van der Waals surface area contributed by atoms with Crippen LogP contribution in [0, 0.1) is 0 Å². The number of aromatic amines is 1. The SMILES string of the molecule is c1ccc(CCc2nnn[nH]2)cc1. The van der Waals surface area contributed by atoms with Crippen molar-refractivity contribution in [3.63, 3.8) is 0 Å². The number of nitrogens with one attached hydrogen (secondary N) is 1. The van der Waals surface area contributed by atoms with E-state index >= 15 is 0 Å². The van der Waals surface area contributed by atoms with E-state index in [2.05, 4.69) is 32.8 Å². The zero-order chi connectivity index (χ0) is 8.93. The molecule has 4 heteroatoms. The highest BCUT2D eigenvalue weighted by atomic mass is 15.5. The maximum Gasteiger partial charge on any atom is 0.148 e. The van der Waals surface area contributed by atoms with Crippen molar-refractivity contribution in [3.05, 3.63) is 41.7 Å². The molecule has 0 aliphatic rings. The van der Waals surface area contributed by atoms with Crippen LogP contribution in [-0.2, 0) is 12.8 Å². The van der Waals surface area contributed by atoms with E-state index in [1.54, 1.807) is 0 Å². The molecule has 2 rings (SSSR count). The van der Waals surface area contributed by atoms with Crippen molar-refractivity contribution in [3.8, 4) is 0 Å². The molecule has 0 saturated carbocycles. The third-order valence-corrected chi connectivity index (χ3v) is 1.88. The minimum atomic E-state index is 0.837. The quantitative estimate of drug-likeness (QED) is 0.754. The van der Waals surface area contributed by atoms with Gasteiger partial charge in [0, 0.05) is 6.42 Å². The number of benzene rings is 1. The van der Waals surface area contributed by atoms with Gasteiger partial charge in [0.05, 0.1) is 0 Å². The molecule has 13 heavy (non-hydrogen) atoms. The predicted octanol–water partition coefficient (Wildman–Crippen LogP) is 0.985. The lowest BCUT2D eigenvalue weighted by Gasteiger charge is -1.96. The molecule has 0 bridgehead atoms. The van der Waals surface area contributed by atoms with E-state index < -0.39 is 0 Å². The van der Waals surface area contributed by atoms with Gasteiger partial charge < -0.3 is 0 Å². The fourth-order valence-corrected chi connectivity index (χ4v) is 1.19. The van der Waals surface area contributed by atoms with Crippen molar-refractivity contribution in [2.45, 2.75) is 12.8 Å². The van der Waals surface area contributed by atoms with Crippen LogP contribution in [0.3, 0.4) is 0 Å². The highest BCUT2D eigenvalue weighted by Gasteiger charge is 1.97. The number of aryl methyl sites for hydroxylation is 2. The lowest BCUT2D eigenvalue weighted by Crippen LogP contribution is -1.93. The first kappa shape index (κ1) is 7.91. The fraction of sp³-hybridized carbons (Fsp3) is 0.222. The molecule has 0 amide bonds. The average Bonchev–Trinajstić information content (AvgIpc) is 2.69. The molecule has 2 aromatic rings. The monoisotopic (exact) mass is 174 g/mol. The second kappa shape index (κ2) is 3.80. The third kappa shape index (κ3) is 2.11. The minimum absolute atomic E-state index is 0.837. The van der Waals surface area contributed by atoms with Crippen LogP contribution in [0.5, 0.6) is 0 Å². The van der Waals surface area contributed by atoms with Crippen molar-refractivity contribution in [2.24, 2.45) is 0 Å². The molecule has 0 atom stereocenters. The first-order valence-electron chi connectivity index (χ1n) is 4.22. The summed E-state index contributed by atoms with van der Waals surface area (Å²) in [6.07, 6.45) is 1.83. The molecule has 0 saturated heterocycles. The summed E-state index contributed by atoms with van der Waals surface area (Å²) < 4.78 is 0. The summed E-state index contributed by atoms with van der Waals surface area (Å²) in [4.78, 5) is 0. The minimum Gasteiger partial charge on any atom is -0.243 e. The van der Waals surface area contributed by atoms with Crippen LogP contribution in [0.2, 0.25) is 0 Å². The Labute approximate surface area is 76.0 Å². The maximum absolute atomic E-state index is 3.81. The summed E-state index contributed by atoms with van der Waals surface area (Å²) in [5, 5.41) is 13.6. The Kier molecular flexibility index (Phi) is 2.31. The summed E-state index contributed by atoms with van der Waals surface area (Å²) in [7, 11) is 0. The van der Waals surface area contributed by atoms with Gasteiger partial charge >= 0.3 is 0 Å². The lowest BCUT2D eigenvalue weighted by atomic mass is 10.1. The number of nitrogens with zero attached hydrogens (tertiary/aromatic N) is 3. The van der Waals surface area contributed by atoms with Crippen molar-refractivity contribution < 1.29 is 0 Å². The van der Waals surface area contributed by atoms with Crippen LogP contribution in [0.25, 0.3) is 0 Å². The molecule has 1 heterocycles. The second-order valence-corrected chi connectivity index (χ2v) is 2.83. The summed E-state index contributed by atoms with van der Waals surface area (Å²) in [6.45, 7) is 0. The fourth-order valence-electron chi connectivity index (χ4n) is 1.19.